The van der Waals surface area contributed by atoms with E-state index in [2.05, 4.69) is 16.7 Å². The molecule has 5 atom stereocenters. The molecule has 3 unspecified atom stereocenters. The van der Waals surface area contributed by atoms with E-state index >= 15 is 0 Å². The molecule has 0 saturated carbocycles. The molecule has 2 amide bonds. The van der Waals surface area contributed by atoms with Gasteiger partial charge in [0.15, 0.2) is 17.7 Å². The lowest BCUT2D eigenvalue weighted by Crippen LogP contribution is -2.42. The fourth-order valence-corrected chi connectivity index (χ4v) is 5.65. The minimum atomic E-state index is -1.21. The summed E-state index contributed by atoms with van der Waals surface area (Å²) in [5, 5.41) is 5.90. The molecule has 0 aromatic heterocycles. The van der Waals surface area contributed by atoms with Crippen molar-refractivity contribution in [3.63, 3.8) is 0 Å². The lowest BCUT2D eigenvalue weighted by molar-refractivity contribution is -0.136. The monoisotopic (exact) mass is 551 g/mol. The Kier molecular flexibility index (Phi) is 9.35. The van der Waals surface area contributed by atoms with Crippen molar-refractivity contribution >= 4 is 23.6 Å². The van der Waals surface area contributed by atoms with Gasteiger partial charge < -0.3 is 20.3 Å². The van der Waals surface area contributed by atoms with Crippen LogP contribution in [0.25, 0.3) is 11.1 Å². The maximum absolute atomic E-state index is 13.4. The molecule has 2 aliphatic rings. The molecule has 40 heavy (non-hydrogen) atoms. The van der Waals surface area contributed by atoms with Gasteiger partial charge in [-0.05, 0) is 48.4 Å². The van der Waals surface area contributed by atoms with Gasteiger partial charge in [-0.3, -0.25) is 14.4 Å². The van der Waals surface area contributed by atoms with Gasteiger partial charge in [0, 0.05) is 31.5 Å². The van der Waals surface area contributed by atoms with Crippen LogP contribution in [0.1, 0.15) is 51.3 Å². The number of ether oxygens (including phenoxy) is 1. The Hall–Kier alpha value is -3.59. The Morgan fingerprint density at radius 3 is 2.33 bits per heavy atom. The number of amides is 2. The standard InChI is InChI=1S/C31H38FN3O5/c1-5-35(6-2)26(37)16-23(25(36)17-32)27-28(34-27)29(38)30(18(3)4)40-31(39)33-24-15-19-11-7-8-12-20(19)21-13-9-10-14-22(21)24/h7-14,18,23-24,27-28,30,34H,5-6,15-17H2,1-4H3,(H,33,39)/t23?,24-,27?,28?,30-/m0/s1. The van der Waals surface area contributed by atoms with Crippen LogP contribution in [0.4, 0.5) is 9.18 Å². The molecule has 214 valence electrons. The number of hydrogen-bond donors (Lipinski definition) is 2. The zero-order valence-electron chi connectivity index (χ0n) is 23.5. The Morgan fingerprint density at radius 2 is 1.68 bits per heavy atom. The number of nitrogens with zero attached hydrogens (tertiary/aromatic N) is 1. The fraction of sp³-hybridized carbons (Fsp3) is 0.484. The van der Waals surface area contributed by atoms with Gasteiger partial charge in [-0.2, -0.15) is 0 Å². The first-order valence-corrected chi connectivity index (χ1v) is 14.0. The zero-order valence-corrected chi connectivity index (χ0v) is 23.5. The minimum absolute atomic E-state index is 0.178. The summed E-state index contributed by atoms with van der Waals surface area (Å²) < 4.78 is 19.1. The van der Waals surface area contributed by atoms with Crippen LogP contribution >= 0.6 is 0 Å². The highest BCUT2D eigenvalue weighted by molar-refractivity contribution is 5.96. The van der Waals surface area contributed by atoms with Crippen molar-refractivity contribution in [2.45, 2.75) is 64.8 Å². The molecule has 4 rings (SSSR count). The van der Waals surface area contributed by atoms with Crippen LogP contribution in [0, 0.1) is 11.8 Å². The largest absolute Gasteiger partial charge is 0.438 e. The third kappa shape index (κ3) is 6.25. The second-order valence-electron chi connectivity index (χ2n) is 10.8. The lowest BCUT2D eigenvalue weighted by Gasteiger charge is -2.29. The zero-order chi connectivity index (χ0) is 29.0. The quantitative estimate of drug-likeness (QED) is 0.385. The van der Waals surface area contributed by atoms with Crippen molar-refractivity contribution in [3.8, 4) is 11.1 Å². The van der Waals surface area contributed by atoms with Gasteiger partial charge in [0.05, 0.1) is 12.1 Å². The number of carbonyl (C=O) groups excluding carboxylic acids is 4. The number of alkyl halides is 1. The maximum Gasteiger partial charge on any atom is 0.408 e. The SMILES string of the molecule is CCN(CC)C(=O)CC(C(=O)CF)C1NC1C(=O)[C@@H](OC(=O)N[C@H]1Cc2ccccc2-c2ccccc21)C(C)C. The summed E-state index contributed by atoms with van der Waals surface area (Å²) in [5.41, 5.74) is 4.25. The number of rotatable bonds is 12. The molecular weight excluding hydrogens is 513 g/mol. The summed E-state index contributed by atoms with van der Waals surface area (Å²) in [4.78, 5) is 53.1. The number of halogens is 1. The first-order chi connectivity index (χ1) is 19.2. The Morgan fingerprint density at radius 1 is 1.02 bits per heavy atom. The van der Waals surface area contributed by atoms with Crippen LogP contribution < -0.4 is 10.6 Å². The van der Waals surface area contributed by atoms with Crippen LogP contribution in [-0.2, 0) is 25.5 Å². The van der Waals surface area contributed by atoms with E-state index in [0.717, 1.165) is 22.3 Å². The molecule has 0 spiro atoms. The second-order valence-corrected chi connectivity index (χ2v) is 10.8. The average molecular weight is 552 g/mol. The highest BCUT2D eigenvalue weighted by atomic mass is 19.1. The van der Waals surface area contributed by atoms with Gasteiger partial charge in [0.25, 0.3) is 0 Å². The highest BCUT2D eigenvalue weighted by Gasteiger charge is 2.52. The van der Waals surface area contributed by atoms with E-state index in [1.165, 1.54) is 0 Å². The number of fused-ring (bicyclic) bond motifs is 3. The van der Waals surface area contributed by atoms with Crippen LogP contribution in [0.2, 0.25) is 0 Å². The summed E-state index contributed by atoms with van der Waals surface area (Å²) in [6.45, 7) is 6.93. The van der Waals surface area contributed by atoms with E-state index in [-0.39, 0.29) is 24.3 Å². The molecule has 0 radical (unpaired) electrons. The summed E-state index contributed by atoms with van der Waals surface area (Å²) in [7, 11) is 0. The molecule has 1 fully saturated rings. The summed E-state index contributed by atoms with van der Waals surface area (Å²) in [5.74, 6) is -2.68. The van der Waals surface area contributed by atoms with Crippen molar-refractivity contribution in [1.82, 2.24) is 15.5 Å². The lowest BCUT2D eigenvalue weighted by atomic mass is 9.82. The third-order valence-electron chi connectivity index (χ3n) is 7.90. The number of alkyl carbamates (subject to hydrolysis) is 1. The number of Topliss-reactive ketones (excluding diaryl/α,β-unsaturated/α-hetero) is 2. The molecule has 0 bridgehead atoms. The Labute approximate surface area is 234 Å². The van der Waals surface area contributed by atoms with E-state index in [9.17, 15) is 23.6 Å². The van der Waals surface area contributed by atoms with Crippen molar-refractivity contribution in [2.24, 2.45) is 11.8 Å². The molecule has 1 saturated heterocycles. The van der Waals surface area contributed by atoms with E-state index in [4.69, 9.17) is 4.74 Å². The van der Waals surface area contributed by atoms with Crippen molar-refractivity contribution < 1.29 is 28.3 Å². The Balaban J connectivity index is 1.43. The fourth-order valence-electron chi connectivity index (χ4n) is 5.65. The van der Waals surface area contributed by atoms with Gasteiger partial charge in [0.2, 0.25) is 5.91 Å². The van der Waals surface area contributed by atoms with Crippen LogP contribution in [-0.4, -0.2) is 66.4 Å². The number of ketones is 2. The molecule has 9 heteroatoms. The molecule has 1 heterocycles. The van der Waals surface area contributed by atoms with Gasteiger partial charge in [-0.25, -0.2) is 9.18 Å². The number of hydrogen-bond acceptors (Lipinski definition) is 6. The first-order valence-electron chi connectivity index (χ1n) is 14.0. The maximum atomic E-state index is 13.4. The van der Waals surface area contributed by atoms with E-state index in [1.54, 1.807) is 18.7 Å². The third-order valence-corrected chi connectivity index (χ3v) is 7.90. The van der Waals surface area contributed by atoms with Gasteiger partial charge >= 0.3 is 6.09 Å². The topological polar surface area (TPSA) is 115 Å². The number of carbonyl (C=O) groups is 4. The van der Waals surface area contributed by atoms with E-state index in [0.29, 0.717) is 19.5 Å². The average Bonchev–Trinajstić information content (AvgIpc) is 3.75. The number of nitrogens with one attached hydrogen (secondary N) is 2. The molecule has 1 aliphatic carbocycles. The van der Waals surface area contributed by atoms with Crippen molar-refractivity contribution in [1.29, 1.82) is 0 Å². The van der Waals surface area contributed by atoms with Crippen LogP contribution in [0.15, 0.2) is 48.5 Å². The highest BCUT2D eigenvalue weighted by Crippen LogP contribution is 2.38. The summed E-state index contributed by atoms with van der Waals surface area (Å²) in [6, 6.07) is 14.1. The smallest absolute Gasteiger partial charge is 0.408 e. The predicted molar refractivity (Wildman–Crippen MR) is 149 cm³/mol. The second kappa shape index (κ2) is 12.7. The molecular formula is C31H38FN3O5. The molecule has 2 aromatic carbocycles. The molecule has 2 aromatic rings. The summed E-state index contributed by atoms with van der Waals surface area (Å²) in [6.07, 6.45) is -1.38. The van der Waals surface area contributed by atoms with Gasteiger partial charge in [-0.15, -0.1) is 0 Å². The van der Waals surface area contributed by atoms with Gasteiger partial charge in [0.1, 0.15) is 6.67 Å². The molecule has 8 nitrogen and oxygen atoms in total. The normalized spacial score (nSPS) is 20.5. The first kappa shape index (κ1) is 29.4. The van der Waals surface area contributed by atoms with Crippen LogP contribution in [0.3, 0.4) is 0 Å². The van der Waals surface area contributed by atoms with Crippen molar-refractivity contribution in [3.05, 3.63) is 59.7 Å². The van der Waals surface area contributed by atoms with E-state index in [1.807, 2.05) is 56.3 Å². The summed E-state index contributed by atoms with van der Waals surface area (Å²) >= 11 is 0. The van der Waals surface area contributed by atoms with Crippen LogP contribution in [0.5, 0.6) is 0 Å². The van der Waals surface area contributed by atoms with Gasteiger partial charge in [-0.1, -0.05) is 62.4 Å². The molecule has 1 aliphatic heterocycles. The Bertz CT molecular complexity index is 1260. The minimum Gasteiger partial charge on any atom is -0.438 e. The molecule has 2 N–H and O–H groups in total. The van der Waals surface area contributed by atoms with E-state index < -0.39 is 48.4 Å². The predicted octanol–water partition coefficient (Wildman–Crippen LogP) is 4.02. The number of benzene rings is 2. The van der Waals surface area contributed by atoms with Crippen molar-refractivity contribution in [2.75, 3.05) is 19.8 Å².